The minimum absolute atomic E-state index is 0.0197. The first-order chi connectivity index (χ1) is 12.9. The van der Waals surface area contributed by atoms with E-state index in [9.17, 15) is 10.1 Å². The molecule has 0 saturated heterocycles. The second kappa shape index (κ2) is 8.34. The SMILES string of the molecule is O=[N+]([O-])c1cccc(NC(=S)Nc2ccn(Cc3ccc(Cl)c(Cl)c3)n2)c1. The topological polar surface area (TPSA) is 85.0 Å². The molecule has 3 rings (SSSR count). The maximum absolute atomic E-state index is 10.8. The number of thiocarbonyl (C=S) groups is 1. The van der Waals surface area contributed by atoms with Gasteiger partial charge in [0.2, 0.25) is 0 Å². The van der Waals surface area contributed by atoms with Gasteiger partial charge in [0.15, 0.2) is 10.9 Å². The third-order valence-electron chi connectivity index (χ3n) is 3.53. The Morgan fingerprint density at radius 2 is 1.96 bits per heavy atom. The van der Waals surface area contributed by atoms with E-state index in [2.05, 4.69) is 15.7 Å². The van der Waals surface area contributed by atoms with Gasteiger partial charge in [-0.3, -0.25) is 14.8 Å². The van der Waals surface area contributed by atoms with Gasteiger partial charge in [-0.05, 0) is 36.0 Å². The van der Waals surface area contributed by atoms with E-state index in [0.29, 0.717) is 28.1 Å². The molecule has 1 aromatic heterocycles. The Kier molecular flexibility index (Phi) is 5.90. The first-order valence-corrected chi connectivity index (χ1v) is 8.87. The number of nitrogens with zero attached hydrogens (tertiary/aromatic N) is 3. The quantitative estimate of drug-likeness (QED) is 0.344. The number of nitrogens with one attached hydrogen (secondary N) is 2. The number of nitro benzene ring substituents is 1. The third-order valence-corrected chi connectivity index (χ3v) is 4.47. The van der Waals surface area contributed by atoms with E-state index in [-0.39, 0.29) is 10.8 Å². The lowest BCUT2D eigenvalue weighted by molar-refractivity contribution is -0.384. The summed E-state index contributed by atoms with van der Waals surface area (Å²) in [5.74, 6) is 0.540. The first kappa shape index (κ1) is 19.1. The van der Waals surface area contributed by atoms with Crippen LogP contribution in [0.25, 0.3) is 0 Å². The van der Waals surface area contributed by atoms with Gasteiger partial charge in [-0.15, -0.1) is 0 Å². The molecule has 0 fully saturated rings. The van der Waals surface area contributed by atoms with Crippen LogP contribution in [0.1, 0.15) is 5.56 Å². The van der Waals surface area contributed by atoms with Gasteiger partial charge in [0.05, 0.1) is 21.5 Å². The number of halogens is 2. The van der Waals surface area contributed by atoms with Crippen molar-refractivity contribution in [1.82, 2.24) is 9.78 Å². The number of benzene rings is 2. The molecule has 1 heterocycles. The number of anilines is 2. The van der Waals surface area contributed by atoms with Crippen molar-refractivity contribution in [1.29, 1.82) is 0 Å². The summed E-state index contributed by atoms with van der Waals surface area (Å²) in [5.41, 5.74) is 1.45. The molecular formula is C17H13Cl2N5O2S. The Balaban J connectivity index is 1.61. The molecule has 0 aliphatic heterocycles. The van der Waals surface area contributed by atoms with Gasteiger partial charge in [-0.2, -0.15) is 5.10 Å². The zero-order valence-corrected chi connectivity index (χ0v) is 16.1. The molecule has 3 aromatic rings. The molecule has 0 saturated carbocycles. The standard InChI is InChI=1S/C17H13Cl2N5O2S/c18-14-5-4-11(8-15(14)19)10-23-7-6-16(22-23)21-17(27)20-12-2-1-3-13(9-12)24(25)26/h1-9H,10H2,(H2,20,21,22,27). The van der Waals surface area contributed by atoms with Gasteiger partial charge in [-0.1, -0.05) is 35.3 Å². The normalized spacial score (nSPS) is 10.4. The minimum atomic E-state index is -0.466. The zero-order chi connectivity index (χ0) is 19.4. The summed E-state index contributed by atoms with van der Waals surface area (Å²) in [4.78, 5) is 10.4. The van der Waals surface area contributed by atoms with Crippen LogP contribution < -0.4 is 10.6 Å². The highest BCUT2D eigenvalue weighted by Gasteiger charge is 2.08. The summed E-state index contributed by atoms with van der Waals surface area (Å²) < 4.78 is 1.72. The smallest absolute Gasteiger partial charge is 0.271 e. The van der Waals surface area contributed by atoms with E-state index in [1.165, 1.54) is 12.1 Å². The molecular weight excluding hydrogens is 409 g/mol. The number of hydrogen-bond acceptors (Lipinski definition) is 4. The molecule has 0 unspecified atom stereocenters. The van der Waals surface area contributed by atoms with Crippen LogP contribution in [0, 0.1) is 10.1 Å². The van der Waals surface area contributed by atoms with Crippen LogP contribution >= 0.6 is 35.4 Å². The van der Waals surface area contributed by atoms with Gasteiger partial charge in [0.25, 0.3) is 5.69 Å². The van der Waals surface area contributed by atoms with Crippen molar-refractivity contribution in [3.05, 3.63) is 80.5 Å². The Bertz CT molecular complexity index is 1010. The zero-order valence-electron chi connectivity index (χ0n) is 13.7. The van der Waals surface area contributed by atoms with E-state index in [4.69, 9.17) is 35.4 Å². The van der Waals surface area contributed by atoms with Crippen molar-refractivity contribution in [2.45, 2.75) is 6.54 Å². The fraction of sp³-hybridized carbons (Fsp3) is 0.0588. The molecule has 2 aromatic carbocycles. The highest BCUT2D eigenvalue weighted by molar-refractivity contribution is 7.80. The van der Waals surface area contributed by atoms with Crippen molar-refractivity contribution in [2.24, 2.45) is 0 Å². The Morgan fingerprint density at radius 3 is 2.70 bits per heavy atom. The molecule has 27 heavy (non-hydrogen) atoms. The summed E-state index contributed by atoms with van der Waals surface area (Å²) in [6, 6.07) is 13.2. The third kappa shape index (κ3) is 5.16. The summed E-state index contributed by atoms with van der Waals surface area (Å²) in [6.07, 6.45) is 1.79. The van der Waals surface area contributed by atoms with Crippen LogP contribution in [-0.4, -0.2) is 19.8 Å². The van der Waals surface area contributed by atoms with E-state index in [1.54, 1.807) is 41.2 Å². The maximum atomic E-state index is 10.8. The Labute approximate surface area is 170 Å². The molecule has 0 amide bonds. The summed E-state index contributed by atoms with van der Waals surface area (Å²) in [7, 11) is 0. The van der Waals surface area contributed by atoms with Gasteiger partial charge in [0, 0.05) is 30.1 Å². The van der Waals surface area contributed by atoms with Gasteiger partial charge < -0.3 is 10.6 Å². The van der Waals surface area contributed by atoms with E-state index >= 15 is 0 Å². The van der Waals surface area contributed by atoms with E-state index in [0.717, 1.165) is 5.56 Å². The average Bonchev–Trinajstić information content (AvgIpc) is 3.05. The van der Waals surface area contributed by atoms with Crippen LogP contribution in [0.3, 0.4) is 0 Å². The average molecular weight is 422 g/mol. The molecule has 10 heteroatoms. The predicted molar refractivity (Wildman–Crippen MR) is 111 cm³/mol. The predicted octanol–water partition coefficient (Wildman–Crippen LogP) is 4.96. The summed E-state index contributed by atoms with van der Waals surface area (Å²) >= 11 is 17.2. The van der Waals surface area contributed by atoms with Crippen molar-refractivity contribution >= 4 is 57.7 Å². The lowest BCUT2D eigenvalue weighted by Gasteiger charge is -2.08. The van der Waals surface area contributed by atoms with Crippen LogP contribution in [0.15, 0.2) is 54.7 Å². The largest absolute Gasteiger partial charge is 0.332 e. The fourth-order valence-electron chi connectivity index (χ4n) is 2.32. The first-order valence-electron chi connectivity index (χ1n) is 7.70. The molecule has 7 nitrogen and oxygen atoms in total. The maximum Gasteiger partial charge on any atom is 0.271 e. The molecule has 0 spiro atoms. The number of non-ortho nitro benzene ring substituents is 1. The number of aromatic nitrogens is 2. The lowest BCUT2D eigenvalue weighted by atomic mass is 10.2. The molecule has 0 atom stereocenters. The van der Waals surface area contributed by atoms with E-state index < -0.39 is 4.92 Å². The molecule has 138 valence electrons. The molecule has 0 radical (unpaired) electrons. The van der Waals surface area contributed by atoms with Crippen molar-refractivity contribution < 1.29 is 4.92 Å². The van der Waals surface area contributed by atoms with E-state index in [1.807, 2.05) is 6.07 Å². The second-order valence-electron chi connectivity index (χ2n) is 5.53. The number of nitro groups is 1. The fourth-order valence-corrected chi connectivity index (χ4v) is 2.86. The Hall–Kier alpha value is -2.68. The molecule has 0 aliphatic rings. The highest BCUT2D eigenvalue weighted by atomic mass is 35.5. The van der Waals surface area contributed by atoms with Crippen molar-refractivity contribution in [2.75, 3.05) is 10.6 Å². The molecule has 0 bridgehead atoms. The lowest BCUT2D eigenvalue weighted by Crippen LogP contribution is -2.19. The molecule has 0 aliphatic carbocycles. The number of hydrogen-bond donors (Lipinski definition) is 2. The van der Waals surface area contributed by atoms with Crippen LogP contribution in [-0.2, 0) is 6.54 Å². The minimum Gasteiger partial charge on any atom is -0.332 e. The Morgan fingerprint density at radius 1 is 1.15 bits per heavy atom. The van der Waals surface area contributed by atoms with Crippen molar-refractivity contribution in [3.63, 3.8) is 0 Å². The summed E-state index contributed by atoms with van der Waals surface area (Å²) in [6.45, 7) is 0.517. The van der Waals surface area contributed by atoms with Crippen LogP contribution in [0.2, 0.25) is 10.0 Å². The highest BCUT2D eigenvalue weighted by Crippen LogP contribution is 2.23. The van der Waals surface area contributed by atoms with Gasteiger partial charge in [-0.25, -0.2) is 0 Å². The van der Waals surface area contributed by atoms with Crippen molar-refractivity contribution in [3.8, 4) is 0 Å². The molecule has 2 N–H and O–H groups in total. The van der Waals surface area contributed by atoms with Crippen LogP contribution in [0.5, 0.6) is 0 Å². The number of rotatable bonds is 5. The van der Waals surface area contributed by atoms with Gasteiger partial charge >= 0.3 is 0 Å². The van der Waals surface area contributed by atoms with Crippen LogP contribution in [0.4, 0.5) is 17.2 Å². The summed E-state index contributed by atoms with van der Waals surface area (Å²) in [5, 5.41) is 22.3. The second-order valence-corrected chi connectivity index (χ2v) is 6.76. The monoisotopic (exact) mass is 421 g/mol. The van der Waals surface area contributed by atoms with Gasteiger partial charge in [0.1, 0.15) is 0 Å².